The lowest BCUT2D eigenvalue weighted by molar-refractivity contribution is -0.139. The number of carbonyl (C=O) groups excluding carboxylic acids is 1. The zero-order valence-electron chi connectivity index (χ0n) is 15.7. The normalized spacial score (nSPS) is 11.1. The molecule has 3 aromatic carbocycles. The molecule has 0 radical (unpaired) electrons. The summed E-state index contributed by atoms with van der Waals surface area (Å²) in [6.45, 7) is 9.44. The molecule has 0 aliphatic rings. The van der Waals surface area contributed by atoms with Crippen molar-refractivity contribution in [3.63, 3.8) is 0 Å². The van der Waals surface area contributed by atoms with Crippen molar-refractivity contribution >= 4 is 27.6 Å². The molecule has 27 heavy (non-hydrogen) atoms. The Labute approximate surface area is 158 Å². The van der Waals surface area contributed by atoms with E-state index in [4.69, 9.17) is 4.84 Å². The van der Waals surface area contributed by atoms with Gasteiger partial charge in [0.05, 0.1) is 11.2 Å². The quantitative estimate of drug-likeness (QED) is 0.447. The summed E-state index contributed by atoms with van der Waals surface area (Å²) in [6.07, 6.45) is 0. The fourth-order valence-electron chi connectivity index (χ4n) is 3.62. The number of nitrogens with zero attached hydrogens (tertiary/aromatic N) is 1. The van der Waals surface area contributed by atoms with Gasteiger partial charge in [0, 0.05) is 16.5 Å². The third kappa shape index (κ3) is 2.72. The first-order valence-corrected chi connectivity index (χ1v) is 8.96. The number of carbonyl (C=O) groups is 1. The topological polar surface area (TPSA) is 31.2 Å². The van der Waals surface area contributed by atoms with Crippen LogP contribution < -0.4 is 4.84 Å². The van der Waals surface area contributed by atoms with Crippen LogP contribution in [0.1, 0.15) is 18.2 Å². The third-order valence-electron chi connectivity index (χ3n) is 4.98. The summed E-state index contributed by atoms with van der Waals surface area (Å²) in [4.78, 5) is 17.9. The lowest BCUT2D eigenvalue weighted by Crippen LogP contribution is -2.21. The minimum absolute atomic E-state index is 0.370. The van der Waals surface area contributed by atoms with Gasteiger partial charge in [-0.2, -0.15) is 4.73 Å². The van der Waals surface area contributed by atoms with Crippen LogP contribution in [0.3, 0.4) is 0 Å². The minimum Gasteiger partial charge on any atom is -0.331 e. The van der Waals surface area contributed by atoms with Gasteiger partial charge in [-0.1, -0.05) is 61.2 Å². The SMILES string of the molecule is C=C(C)C(=O)On1c(C)c(-c2ccccc2C)c2c3ccccc3ccc21. The third-order valence-corrected chi connectivity index (χ3v) is 4.98. The molecule has 134 valence electrons. The second-order valence-corrected chi connectivity index (χ2v) is 6.91. The highest BCUT2D eigenvalue weighted by Gasteiger charge is 2.21. The molecule has 0 aliphatic heterocycles. The molecule has 4 aromatic rings. The molecular formula is C24H21NO2. The van der Waals surface area contributed by atoms with Crippen molar-refractivity contribution in [1.82, 2.24) is 4.73 Å². The minimum atomic E-state index is -0.431. The van der Waals surface area contributed by atoms with E-state index in [0.717, 1.165) is 38.5 Å². The average Bonchev–Trinajstić information content (AvgIpc) is 2.94. The maximum atomic E-state index is 12.2. The van der Waals surface area contributed by atoms with Crippen LogP contribution >= 0.6 is 0 Å². The van der Waals surface area contributed by atoms with Crippen LogP contribution in [-0.2, 0) is 4.79 Å². The molecule has 0 unspecified atom stereocenters. The second-order valence-electron chi connectivity index (χ2n) is 6.91. The predicted octanol–water partition coefficient (Wildman–Crippen LogP) is 5.61. The number of fused-ring (bicyclic) bond motifs is 3. The Balaban J connectivity index is 2.13. The molecule has 1 heterocycles. The lowest BCUT2D eigenvalue weighted by Gasteiger charge is -2.09. The maximum Gasteiger partial charge on any atom is 0.358 e. The van der Waals surface area contributed by atoms with E-state index in [2.05, 4.69) is 43.8 Å². The number of hydrogen-bond donors (Lipinski definition) is 0. The smallest absolute Gasteiger partial charge is 0.331 e. The fourth-order valence-corrected chi connectivity index (χ4v) is 3.62. The zero-order valence-corrected chi connectivity index (χ0v) is 15.7. The van der Waals surface area contributed by atoms with Crippen molar-refractivity contribution in [1.29, 1.82) is 0 Å². The molecule has 0 fully saturated rings. The molecular weight excluding hydrogens is 334 g/mol. The summed E-state index contributed by atoms with van der Waals surface area (Å²) in [5.41, 5.74) is 5.55. The van der Waals surface area contributed by atoms with Crippen molar-refractivity contribution in [2.75, 3.05) is 0 Å². The van der Waals surface area contributed by atoms with Gasteiger partial charge < -0.3 is 4.84 Å². The van der Waals surface area contributed by atoms with Crippen molar-refractivity contribution in [3.8, 4) is 11.1 Å². The highest BCUT2D eigenvalue weighted by atomic mass is 16.7. The van der Waals surface area contributed by atoms with E-state index in [9.17, 15) is 4.79 Å². The molecule has 4 rings (SSSR count). The first-order valence-electron chi connectivity index (χ1n) is 8.96. The Kier molecular flexibility index (Phi) is 4.08. The molecule has 3 heteroatoms. The highest BCUT2D eigenvalue weighted by molar-refractivity contribution is 6.15. The van der Waals surface area contributed by atoms with Crippen molar-refractivity contribution in [3.05, 3.63) is 84.1 Å². The largest absolute Gasteiger partial charge is 0.358 e. The first kappa shape index (κ1) is 17.1. The number of hydrogen-bond acceptors (Lipinski definition) is 2. The summed E-state index contributed by atoms with van der Waals surface area (Å²) in [5, 5.41) is 3.39. The number of aryl methyl sites for hydroxylation is 1. The van der Waals surface area contributed by atoms with Crippen molar-refractivity contribution < 1.29 is 9.63 Å². The summed E-state index contributed by atoms with van der Waals surface area (Å²) in [6, 6.07) is 20.6. The van der Waals surface area contributed by atoms with E-state index in [1.165, 1.54) is 5.56 Å². The van der Waals surface area contributed by atoms with E-state index < -0.39 is 5.97 Å². The van der Waals surface area contributed by atoms with Crippen molar-refractivity contribution in [2.24, 2.45) is 0 Å². The standard InChI is InChI=1S/C24H21NO2/c1-15(2)24(26)27-25-17(4)22(19-11-7-5-9-16(19)3)23-20-12-8-6-10-18(20)13-14-21(23)25/h5-14H,1H2,2-4H3. The Bertz CT molecular complexity index is 1210. The van der Waals surface area contributed by atoms with E-state index in [0.29, 0.717) is 5.57 Å². The van der Waals surface area contributed by atoms with Gasteiger partial charge in [-0.15, -0.1) is 0 Å². The summed E-state index contributed by atoms with van der Waals surface area (Å²) >= 11 is 0. The van der Waals surface area contributed by atoms with Gasteiger partial charge in [0.15, 0.2) is 0 Å². The fraction of sp³-hybridized carbons (Fsp3) is 0.125. The summed E-state index contributed by atoms with van der Waals surface area (Å²) in [5.74, 6) is -0.431. The van der Waals surface area contributed by atoms with Crippen LogP contribution in [0, 0.1) is 13.8 Å². The van der Waals surface area contributed by atoms with Crippen LogP contribution in [0.4, 0.5) is 0 Å². The van der Waals surface area contributed by atoms with Crippen molar-refractivity contribution in [2.45, 2.75) is 20.8 Å². The molecule has 0 N–H and O–H groups in total. The van der Waals surface area contributed by atoms with E-state index >= 15 is 0 Å². The monoisotopic (exact) mass is 355 g/mol. The first-order chi connectivity index (χ1) is 13.0. The van der Waals surface area contributed by atoms with Gasteiger partial charge in [0.25, 0.3) is 0 Å². The van der Waals surface area contributed by atoms with Gasteiger partial charge in [0.1, 0.15) is 0 Å². The molecule has 0 aliphatic carbocycles. The summed E-state index contributed by atoms with van der Waals surface area (Å²) < 4.78 is 1.64. The molecule has 0 saturated carbocycles. The maximum absolute atomic E-state index is 12.2. The van der Waals surface area contributed by atoms with E-state index in [-0.39, 0.29) is 0 Å². The molecule has 0 saturated heterocycles. The average molecular weight is 355 g/mol. The van der Waals surface area contributed by atoms with Crippen LogP contribution in [0.25, 0.3) is 32.8 Å². The zero-order chi connectivity index (χ0) is 19.1. The lowest BCUT2D eigenvalue weighted by atomic mass is 9.95. The molecule has 0 bridgehead atoms. The van der Waals surface area contributed by atoms with Crippen LogP contribution in [0.2, 0.25) is 0 Å². The van der Waals surface area contributed by atoms with Crippen LogP contribution in [0.15, 0.2) is 72.8 Å². The number of aromatic nitrogens is 1. The van der Waals surface area contributed by atoms with Crippen LogP contribution in [0.5, 0.6) is 0 Å². The van der Waals surface area contributed by atoms with E-state index in [1.54, 1.807) is 11.7 Å². The Morgan fingerprint density at radius 3 is 2.41 bits per heavy atom. The van der Waals surface area contributed by atoms with Gasteiger partial charge in [0.2, 0.25) is 0 Å². The van der Waals surface area contributed by atoms with Gasteiger partial charge in [-0.3, -0.25) is 0 Å². The predicted molar refractivity (Wildman–Crippen MR) is 111 cm³/mol. The number of benzene rings is 3. The molecule has 0 spiro atoms. The molecule has 1 aromatic heterocycles. The van der Waals surface area contributed by atoms with Gasteiger partial charge >= 0.3 is 5.97 Å². The Morgan fingerprint density at radius 2 is 1.67 bits per heavy atom. The second kappa shape index (κ2) is 6.44. The van der Waals surface area contributed by atoms with Gasteiger partial charge in [-0.05, 0) is 48.7 Å². The molecule has 3 nitrogen and oxygen atoms in total. The molecule has 0 amide bonds. The Hall–Kier alpha value is -3.33. The summed E-state index contributed by atoms with van der Waals surface area (Å²) in [7, 11) is 0. The number of rotatable bonds is 3. The van der Waals surface area contributed by atoms with Crippen LogP contribution in [-0.4, -0.2) is 10.7 Å². The molecule has 0 atom stereocenters. The van der Waals surface area contributed by atoms with E-state index in [1.807, 2.05) is 37.3 Å². The highest BCUT2D eigenvalue weighted by Crippen LogP contribution is 2.39. The Morgan fingerprint density at radius 1 is 0.963 bits per heavy atom. The van der Waals surface area contributed by atoms with Gasteiger partial charge in [-0.25, -0.2) is 4.79 Å².